The van der Waals surface area contributed by atoms with Crippen LogP contribution in [0.4, 0.5) is 0 Å². The van der Waals surface area contributed by atoms with Crippen molar-refractivity contribution in [2.24, 2.45) is 11.5 Å². The Balaban J connectivity index is 1.88. The van der Waals surface area contributed by atoms with Crippen molar-refractivity contribution < 1.29 is 4.79 Å². The second kappa shape index (κ2) is 5.29. The number of fused-ring (bicyclic) bond motifs is 1. The first kappa shape index (κ1) is 12.1. The van der Waals surface area contributed by atoms with E-state index in [0.29, 0.717) is 12.6 Å². The van der Waals surface area contributed by atoms with Gasteiger partial charge >= 0.3 is 0 Å². The Bertz CT molecular complexity index is 405. The van der Waals surface area contributed by atoms with Crippen molar-refractivity contribution in [3.8, 4) is 0 Å². The number of hydrogen-bond donors (Lipinski definition) is 3. The van der Waals surface area contributed by atoms with Crippen molar-refractivity contribution in [1.29, 1.82) is 0 Å². The summed E-state index contributed by atoms with van der Waals surface area (Å²) >= 11 is 0. The number of hydrogen-bond acceptors (Lipinski definition) is 3. The van der Waals surface area contributed by atoms with Gasteiger partial charge in [-0.3, -0.25) is 4.79 Å². The van der Waals surface area contributed by atoms with Crippen LogP contribution in [0, 0.1) is 0 Å². The van der Waals surface area contributed by atoms with Crippen LogP contribution in [0.15, 0.2) is 24.3 Å². The van der Waals surface area contributed by atoms with Crippen LogP contribution in [-0.4, -0.2) is 24.5 Å². The van der Waals surface area contributed by atoms with Crippen LogP contribution >= 0.6 is 0 Å². The van der Waals surface area contributed by atoms with Gasteiger partial charge in [0.25, 0.3) is 0 Å². The Morgan fingerprint density at radius 1 is 1.41 bits per heavy atom. The highest BCUT2D eigenvalue weighted by molar-refractivity contribution is 5.79. The van der Waals surface area contributed by atoms with E-state index in [1.807, 2.05) is 0 Å². The molecular weight excluding hydrogens is 214 g/mol. The molecule has 1 amide bonds. The molecule has 1 aromatic rings. The molecule has 5 N–H and O–H groups in total. The average molecular weight is 233 g/mol. The SMILES string of the molecule is NC(=O)C(N)CNC1CCc2ccccc2C1. The molecule has 0 aromatic heterocycles. The number of rotatable bonds is 4. The topological polar surface area (TPSA) is 81.1 Å². The van der Waals surface area contributed by atoms with E-state index in [9.17, 15) is 4.79 Å². The Hall–Kier alpha value is -1.39. The molecule has 4 heteroatoms. The molecule has 0 radical (unpaired) electrons. The molecule has 4 nitrogen and oxygen atoms in total. The van der Waals surface area contributed by atoms with Gasteiger partial charge in [0.15, 0.2) is 0 Å². The first-order valence-electron chi connectivity index (χ1n) is 6.02. The van der Waals surface area contributed by atoms with Crippen LogP contribution in [0.1, 0.15) is 17.5 Å². The van der Waals surface area contributed by atoms with Gasteiger partial charge in [0, 0.05) is 12.6 Å². The lowest BCUT2D eigenvalue weighted by molar-refractivity contribution is -0.119. The van der Waals surface area contributed by atoms with E-state index >= 15 is 0 Å². The van der Waals surface area contributed by atoms with E-state index in [0.717, 1.165) is 19.3 Å². The highest BCUT2D eigenvalue weighted by Gasteiger charge is 2.19. The van der Waals surface area contributed by atoms with Crippen molar-refractivity contribution in [2.75, 3.05) is 6.54 Å². The summed E-state index contributed by atoms with van der Waals surface area (Å²) in [4.78, 5) is 10.8. The molecule has 1 aliphatic carbocycles. The third-order valence-electron chi connectivity index (χ3n) is 3.34. The van der Waals surface area contributed by atoms with E-state index in [1.54, 1.807) is 0 Å². The van der Waals surface area contributed by atoms with E-state index in [1.165, 1.54) is 11.1 Å². The predicted octanol–water partition coefficient (Wildman–Crippen LogP) is -0.0539. The zero-order chi connectivity index (χ0) is 12.3. The molecule has 17 heavy (non-hydrogen) atoms. The molecule has 92 valence electrons. The highest BCUT2D eigenvalue weighted by atomic mass is 16.1. The number of carbonyl (C=O) groups excluding carboxylic acids is 1. The third kappa shape index (κ3) is 3.05. The quantitative estimate of drug-likeness (QED) is 0.682. The number of nitrogens with one attached hydrogen (secondary N) is 1. The lowest BCUT2D eigenvalue weighted by Gasteiger charge is -2.26. The maximum absolute atomic E-state index is 10.8. The molecule has 2 atom stereocenters. The fraction of sp³-hybridized carbons (Fsp3) is 0.462. The molecule has 0 saturated carbocycles. The van der Waals surface area contributed by atoms with Crippen molar-refractivity contribution >= 4 is 5.91 Å². The molecule has 0 aliphatic heterocycles. The summed E-state index contributed by atoms with van der Waals surface area (Å²) in [5, 5.41) is 3.32. The number of nitrogens with two attached hydrogens (primary N) is 2. The predicted molar refractivity (Wildman–Crippen MR) is 67.4 cm³/mol. The van der Waals surface area contributed by atoms with Gasteiger partial charge < -0.3 is 16.8 Å². The number of primary amides is 1. The van der Waals surface area contributed by atoms with Crippen LogP contribution in [0.25, 0.3) is 0 Å². The maximum Gasteiger partial charge on any atom is 0.235 e. The summed E-state index contributed by atoms with van der Waals surface area (Å²) in [5.74, 6) is -0.450. The Morgan fingerprint density at radius 2 is 2.12 bits per heavy atom. The van der Waals surface area contributed by atoms with E-state index in [4.69, 9.17) is 11.5 Å². The normalized spacial score (nSPS) is 20.6. The van der Waals surface area contributed by atoms with Crippen LogP contribution in [-0.2, 0) is 17.6 Å². The second-order valence-electron chi connectivity index (χ2n) is 4.63. The molecule has 1 aliphatic rings. The zero-order valence-electron chi connectivity index (χ0n) is 9.86. The second-order valence-corrected chi connectivity index (χ2v) is 4.63. The molecule has 1 aromatic carbocycles. The number of benzene rings is 1. The summed E-state index contributed by atoms with van der Waals surface area (Å²) in [6, 6.07) is 8.30. The van der Waals surface area contributed by atoms with Crippen molar-refractivity contribution in [2.45, 2.75) is 31.3 Å². The van der Waals surface area contributed by atoms with Gasteiger partial charge in [-0.25, -0.2) is 0 Å². The summed E-state index contributed by atoms with van der Waals surface area (Å²) in [7, 11) is 0. The average Bonchev–Trinajstić information content (AvgIpc) is 2.35. The summed E-state index contributed by atoms with van der Waals surface area (Å²) in [6.45, 7) is 0.460. The minimum Gasteiger partial charge on any atom is -0.368 e. The van der Waals surface area contributed by atoms with Gasteiger partial charge in [-0.2, -0.15) is 0 Å². The minimum atomic E-state index is -0.591. The molecular formula is C13H19N3O. The van der Waals surface area contributed by atoms with Gasteiger partial charge in [0.05, 0.1) is 6.04 Å². The smallest absolute Gasteiger partial charge is 0.235 e. The summed E-state index contributed by atoms with van der Waals surface area (Å²) < 4.78 is 0. The van der Waals surface area contributed by atoms with Gasteiger partial charge in [0.1, 0.15) is 0 Å². The zero-order valence-corrected chi connectivity index (χ0v) is 9.86. The van der Waals surface area contributed by atoms with Crippen LogP contribution in [0.3, 0.4) is 0 Å². The summed E-state index contributed by atoms with van der Waals surface area (Å²) in [6.07, 6.45) is 3.17. The Labute approximate surface area is 101 Å². The fourth-order valence-corrected chi connectivity index (χ4v) is 2.27. The van der Waals surface area contributed by atoms with Crippen molar-refractivity contribution in [1.82, 2.24) is 5.32 Å². The number of aryl methyl sites for hydroxylation is 1. The molecule has 0 fully saturated rings. The van der Waals surface area contributed by atoms with Gasteiger partial charge in [-0.1, -0.05) is 24.3 Å². The lowest BCUT2D eigenvalue weighted by Crippen LogP contribution is -2.48. The number of carbonyl (C=O) groups is 1. The lowest BCUT2D eigenvalue weighted by atomic mass is 9.88. The van der Waals surface area contributed by atoms with Crippen molar-refractivity contribution in [3.05, 3.63) is 35.4 Å². The van der Waals surface area contributed by atoms with Crippen LogP contribution < -0.4 is 16.8 Å². The largest absolute Gasteiger partial charge is 0.368 e. The maximum atomic E-state index is 10.8. The Kier molecular flexibility index (Phi) is 3.76. The molecule has 0 heterocycles. The van der Waals surface area contributed by atoms with Crippen molar-refractivity contribution in [3.63, 3.8) is 0 Å². The van der Waals surface area contributed by atoms with Gasteiger partial charge in [0.2, 0.25) is 5.91 Å². The molecule has 0 saturated heterocycles. The molecule has 0 spiro atoms. The fourth-order valence-electron chi connectivity index (χ4n) is 2.27. The highest BCUT2D eigenvalue weighted by Crippen LogP contribution is 2.20. The Morgan fingerprint density at radius 3 is 2.82 bits per heavy atom. The van der Waals surface area contributed by atoms with E-state index in [-0.39, 0.29) is 0 Å². The van der Waals surface area contributed by atoms with E-state index < -0.39 is 11.9 Å². The van der Waals surface area contributed by atoms with Gasteiger partial charge in [-0.05, 0) is 30.4 Å². The molecule has 2 rings (SSSR count). The molecule has 0 bridgehead atoms. The monoisotopic (exact) mass is 233 g/mol. The number of amides is 1. The summed E-state index contributed by atoms with van der Waals surface area (Å²) in [5.41, 5.74) is 13.5. The standard InChI is InChI=1S/C13H19N3O/c14-12(13(15)17)8-16-11-6-5-9-3-1-2-4-10(9)7-11/h1-4,11-12,16H,5-8,14H2,(H2,15,17). The first-order chi connectivity index (χ1) is 8.16. The van der Waals surface area contributed by atoms with Crippen LogP contribution in [0.2, 0.25) is 0 Å². The minimum absolute atomic E-state index is 0.398. The van der Waals surface area contributed by atoms with E-state index in [2.05, 4.69) is 29.6 Å². The first-order valence-corrected chi connectivity index (χ1v) is 6.02. The van der Waals surface area contributed by atoms with Crippen LogP contribution in [0.5, 0.6) is 0 Å². The third-order valence-corrected chi connectivity index (χ3v) is 3.34. The van der Waals surface area contributed by atoms with Gasteiger partial charge in [-0.15, -0.1) is 0 Å². The molecule has 2 unspecified atom stereocenters.